The lowest BCUT2D eigenvalue weighted by molar-refractivity contribution is -0.137. The maximum Gasteiger partial charge on any atom is 0.416 e. The van der Waals surface area contributed by atoms with Crippen molar-refractivity contribution in [1.29, 1.82) is 0 Å². The van der Waals surface area contributed by atoms with Crippen molar-refractivity contribution >= 4 is 0 Å². The number of hydrogen-bond acceptors (Lipinski definition) is 2. The number of nitrogens with two attached hydrogens (primary N) is 1. The van der Waals surface area contributed by atoms with Crippen molar-refractivity contribution in [3.63, 3.8) is 0 Å². The van der Waals surface area contributed by atoms with Gasteiger partial charge in [-0.25, -0.2) is 0 Å². The Bertz CT molecular complexity index is 560. The lowest BCUT2D eigenvalue weighted by atomic mass is 9.99. The van der Waals surface area contributed by atoms with Crippen molar-refractivity contribution in [1.82, 2.24) is 9.78 Å². The van der Waals surface area contributed by atoms with E-state index in [-0.39, 0.29) is 0 Å². The number of alkyl halides is 3. The molecule has 2 N–H and O–H groups in total. The van der Waals surface area contributed by atoms with Crippen molar-refractivity contribution in [2.24, 2.45) is 12.8 Å². The third-order valence-electron chi connectivity index (χ3n) is 2.86. The van der Waals surface area contributed by atoms with Crippen LogP contribution in [0.4, 0.5) is 13.2 Å². The van der Waals surface area contributed by atoms with E-state index in [1.165, 1.54) is 6.07 Å². The van der Waals surface area contributed by atoms with E-state index in [0.717, 1.165) is 17.7 Å². The van der Waals surface area contributed by atoms with Gasteiger partial charge in [0.2, 0.25) is 0 Å². The van der Waals surface area contributed by atoms with Crippen molar-refractivity contribution in [3.8, 4) is 0 Å². The van der Waals surface area contributed by atoms with Gasteiger partial charge in [0.05, 0.1) is 11.8 Å². The lowest BCUT2D eigenvalue weighted by Gasteiger charge is -2.13. The molecule has 1 aromatic carbocycles. The zero-order valence-corrected chi connectivity index (χ0v) is 10.4. The van der Waals surface area contributed by atoms with Crippen LogP contribution >= 0.6 is 0 Å². The second kappa shape index (κ2) is 5.05. The van der Waals surface area contributed by atoms with Crippen molar-refractivity contribution in [2.45, 2.75) is 18.6 Å². The van der Waals surface area contributed by atoms with Crippen LogP contribution in [0.2, 0.25) is 0 Å². The van der Waals surface area contributed by atoms with Crippen LogP contribution in [0.3, 0.4) is 0 Å². The van der Waals surface area contributed by atoms with Gasteiger partial charge >= 0.3 is 6.18 Å². The first-order chi connectivity index (χ1) is 8.86. The average Bonchev–Trinajstić information content (AvgIpc) is 2.74. The monoisotopic (exact) mass is 269 g/mol. The van der Waals surface area contributed by atoms with Crippen LogP contribution in [0, 0.1) is 0 Å². The summed E-state index contributed by atoms with van der Waals surface area (Å²) >= 11 is 0. The summed E-state index contributed by atoms with van der Waals surface area (Å²) in [5.74, 6) is 0. The zero-order chi connectivity index (χ0) is 14.0. The summed E-state index contributed by atoms with van der Waals surface area (Å²) in [6.07, 6.45) is -0.430. The average molecular weight is 269 g/mol. The second-order valence-electron chi connectivity index (χ2n) is 4.46. The summed E-state index contributed by atoms with van der Waals surface area (Å²) in [5, 5.41) is 4.00. The van der Waals surface area contributed by atoms with Gasteiger partial charge in [0, 0.05) is 19.3 Å². The molecule has 1 atom stereocenters. The molecule has 0 aliphatic carbocycles. The Morgan fingerprint density at radius 1 is 1.37 bits per heavy atom. The van der Waals surface area contributed by atoms with E-state index in [0.29, 0.717) is 12.0 Å². The van der Waals surface area contributed by atoms with Gasteiger partial charge in [0.25, 0.3) is 0 Å². The van der Waals surface area contributed by atoms with Gasteiger partial charge in [-0.05, 0) is 29.7 Å². The molecule has 1 aromatic heterocycles. The van der Waals surface area contributed by atoms with Crippen LogP contribution in [0.15, 0.2) is 36.7 Å². The highest BCUT2D eigenvalue weighted by molar-refractivity contribution is 5.28. The topological polar surface area (TPSA) is 43.8 Å². The molecule has 0 aliphatic heterocycles. The van der Waals surface area contributed by atoms with E-state index in [1.807, 2.05) is 0 Å². The third-order valence-corrected chi connectivity index (χ3v) is 2.86. The maximum absolute atomic E-state index is 12.6. The van der Waals surface area contributed by atoms with Crippen LogP contribution < -0.4 is 5.73 Å². The predicted octanol–water partition coefficient (Wildman–Crippen LogP) is 2.68. The highest BCUT2D eigenvalue weighted by atomic mass is 19.4. The van der Waals surface area contributed by atoms with E-state index in [2.05, 4.69) is 5.10 Å². The van der Waals surface area contributed by atoms with E-state index >= 15 is 0 Å². The van der Waals surface area contributed by atoms with Gasteiger partial charge in [-0.2, -0.15) is 18.3 Å². The fourth-order valence-electron chi connectivity index (χ4n) is 1.89. The standard InChI is InChI=1S/C13H14F3N3/c1-19-8-9(7-18-19)5-12(17)10-3-2-4-11(6-10)13(14,15)16/h2-4,6-8,12H,5,17H2,1H3. The normalized spacial score (nSPS) is 13.5. The quantitative estimate of drug-likeness (QED) is 0.931. The van der Waals surface area contributed by atoms with Crippen LogP contribution in [0.5, 0.6) is 0 Å². The molecule has 0 fully saturated rings. The minimum atomic E-state index is -4.34. The van der Waals surface area contributed by atoms with Crippen LogP contribution in [0.25, 0.3) is 0 Å². The van der Waals surface area contributed by atoms with E-state index in [4.69, 9.17) is 5.73 Å². The highest BCUT2D eigenvalue weighted by Gasteiger charge is 2.30. The summed E-state index contributed by atoms with van der Waals surface area (Å²) < 4.78 is 39.5. The highest BCUT2D eigenvalue weighted by Crippen LogP contribution is 2.30. The molecule has 0 spiro atoms. The first-order valence-electron chi connectivity index (χ1n) is 5.76. The number of aryl methyl sites for hydroxylation is 1. The molecule has 6 heteroatoms. The zero-order valence-electron chi connectivity index (χ0n) is 10.4. The maximum atomic E-state index is 12.6. The lowest BCUT2D eigenvalue weighted by Crippen LogP contribution is -2.14. The number of nitrogens with zero attached hydrogens (tertiary/aromatic N) is 2. The molecule has 0 saturated heterocycles. The Morgan fingerprint density at radius 3 is 2.68 bits per heavy atom. The van der Waals surface area contributed by atoms with E-state index in [9.17, 15) is 13.2 Å². The van der Waals surface area contributed by atoms with Gasteiger partial charge < -0.3 is 5.73 Å². The van der Waals surface area contributed by atoms with Crippen LogP contribution in [-0.2, 0) is 19.6 Å². The first-order valence-corrected chi connectivity index (χ1v) is 5.76. The molecule has 2 aromatic rings. The second-order valence-corrected chi connectivity index (χ2v) is 4.46. The molecule has 0 bridgehead atoms. The molecular formula is C13H14F3N3. The van der Waals surface area contributed by atoms with Crippen molar-refractivity contribution in [3.05, 3.63) is 53.3 Å². The Labute approximate surface area is 108 Å². The number of hydrogen-bond donors (Lipinski definition) is 1. The number of benzene rings is 1. The van der Waals surface area contributed by atoms with Crippen LogP contribution in [0.1, 0.15) is 22.7 Å². The molecule has 0 saturated carbocycles. The fourth-order valence-corrected chi connectivity index (χ4v) is 1.89. The van der Waals surface area contributed by atoms with Crippen molar-refractivity contribution < 1.29 is 13.2 Å². The van der Waals surface area contributed by atoms with Gasteiger partial charge in [-0.15, -0.1) is 0 Å². The summed E-state index contributed by atoms with van der Waals surface area (Å²) in [6, 6.07) is 4.64. The number of aromatic nitrogens is 2. The van der Waals surface area contributed by atoms with Gasteiger partial charge in [-0.1, -0.05) is 12.1 Å². The van der Waals surface area contributed by atoms with E-state index < -0.39 is 17.8 Å². The van der Waals surface area contributed by atoms with Crippen LogP contribution in [-0.4, -0.2) is 9.78 Å². The third kappa shape index (κ3) is 3.35. The summed E-state index contributed by atoms with van der Waals surface area (Å²) in [7, 11) is 1.78. The minimum absolute atomic E-state index is 0.454. The molecule has 19 heavy (non-hydrogen) atoms. The molecule has 1 heterocycles. The summed E-state index contributed by atoms with van der Waals surface area (Å²) in [4.78, 5) is 0. The van der Waals surface area contributed by atoms with Crippen molar-refractivity contribution in [2.75, 3.05) is 0 Å². The molecule has 3 nitrogen and oxygen atoms in total. The molecule has 0 amide bonds. The van der Waals surface area contributed by atoms with Gasteiger partial charge in [0.1, 0.15) is 0 Å². The summed E-state index contributed by atoms with van der Waals surface area (Å²) in [5.41, 5.74) is 6.64. The largest absolute Gasteiger partial charge is 0.416 e. The fraction of sp³-hybridized carbons (Fsp3) is 0.308. The Hall–Kier alpha value is -1.82. The SMILES string of the molecule is Cn1cc(CC(N)c2cccc(C(F)(F)F)c2)cn1. The molecular weight excluding hydrogens is 255 g/mol. The molecule has 1 unspecified atom stereocenters. The van der Waals surface area contributed by atoms with Gasteiger partial charge in [-0.3, -0.25) is 4.68 Å². The Morgan fingerprint density at radius 2 is 2.11 bits per heavy atom. The molecule has 0 radical (unpaired) electrons. The smallest absolute Gasteiger partial charge is 0.324 e. The molecule has 0 aliphatic rings. The Balaban J connectivity index is 2.17. The number of halogens is 3. The summed E-state index contributed by atoms with van der Waals surface area (Å²) in [6.45, 7) is 0. The first kappa shape index (κ1) is 13.6. The van der Waals surface area contributed by atoms with Gasteiger partial charge in [0.15, 0.2) is 0 Å². The number of rotatable bonds is 3. The minimum Gasteiger partial charge on any atom is -0.324 e. The molecule has 2 rings (SSSR count). The van der Waals surface area contributed by atoms with E-state index in [1.54, 1.807) is 30.2 Å². The molecule has 102 valence electrons. The Kier molecular flexibility index (Phi) is 3.61. The predicted molar refractivity (Wildman–Crippen MR) is 65.3 cm³/mol.